The third-order valence-electron chi connectivity index (χ3n) is 3.79. The van der Waals surface area contributed by atoms with Crippen LogP contribution in [0.15, 0.2) is 60.7 Å². The summed E-state index contributed by atoms with van der Waals surface area (Å²) >= 11 is 0. The van der Waals surface area contributed by atoms with E-state index in [1.807, 2.05) is 12.1 Å². The number of hydrogen-bond acceptors (Lipinski definition) is 8. The predicted molar refractivity (Wildman–Crippen MR) is 99.7 cm³/mol. The summed E-state index contributed by atoms with van der Waals surface area (Å²) in [7, 11) is 0. The van der Waals surface area contributed by atoms with Gasteiger partial charge in [0.1, 0.15) is 24.4 Å². The Morgan fingerprint density at radius 1 is 0.607 bits per heavy atom. The van der Waals surface area contributed by atoms with Gasteiger partial charge in [0, 0.05) is 11.1 Å². The summed E-state index contributed by atoms with van der Waals surface area (Å²) in [4.78, 5) is 23.6. The third kappa shape index (κ3) is 6.93. The van der Waals surface area contributed by atoms with Gasteiger partial charge in [0.05, 0.1) is 13.2 Å². The van der Waals surface area contributed by atoms with Crippen LogP contribution in [0.2, 0.25) is 0 Å². The van der Waals surface area contributed by atoms with Gasteiger partial charge in [-0.2, -0.15) is 0 Å². The maximum Gasteiger partial charge on any atom is 0.233 e. The van der Waals surface area contributed by atoms with Crippen molar-refractivity contribution in [2.75, 3.05) is 13.2 Å². The zero-order valence-corrected chi connectivity index (χ0v) is 15.0. The molecule has 0 fully saturated rings. The third-order valence-corrected chi connectivity index (χ3v) is 3.79. The van der Waals surface area contributed by atoms with Crippen LogP contribution in [0.1, 0.15) is 20.7 Å². The molecule has 0 unspecified atom stereocenters. The largest absolute Gasteiger partial charge is 0.394 e. The molecular formula is C20H24O8. The molecule has 0 saturated carbocycles. The van der Waals surface area contributed by atoms with Crippen molar-refractivity contribution in [3.8, 4) is 0 Å². The van der Waals surface area contributed by atoms with Gasteiger partial charge < -0.3 is 30.6 Å². The van der Waals surface area contributed by atoms with Crippen molar-refractivity contribution < 1.29 is 40.2 Å². The fourth-order valence-corrected chi connectivity index (χ4v) is 2.11. The highest BCUT2D eigenvalue weighted by Gasteiger charge is 2.29. The van der Waals surface area contributed by atoms with Gasteiger partial charge in [-0.3, -0.25) is 9.59 Å². The van der Waals surface area contributed by atoms with Gasteiger partial charge in [0.25, 0.3) is 0 Å². The molecular weight excluding hydrogens is 368 g/mol. The highest BCUT2D eigenvalue weighted by Crippen LogP contribution is 2.07. The van der Waals surface area contributed by atoms with E-state index in [4.69, 9.17) is 30.6 Å². The Kier molecular flexibility index (Phi) is 10.2. The van der Waals surface area contributed by atoms with Crippen molar-refractivity contribution in [2.45, 2.75) is 24.4 Å². The number of carbonyl (C=O) groups excluding carboxylic acids is 2. The van der Waals surface area contributed by atoms with Crippen LogP contribution in [0.3, 0.4) is 0 Å². The van der Waals surface area contributed by atoms with Crippen LogP contribution >= 0.6 is 0 Å². The fourth-order valence-electron chi connectivity index (χ4n) is 2.11. The summed E-state index contributed by atoms with van der Waals surface area (Å²) < 4.78 is 0. The average Bonchev–Trinajstić information content (AvgIpc) is 2.77. The van der Waals surface area contributed by atoms with Crippen molar-refractivity contribution in [2.24, 2.45) is 0 Å². The van der Waals surface area contributed by atoms with E-state index in [0.29, 0.717) is 11.1 Å². The molecule has 8 heteroatoms. The number of aliphatic hydroxyl groups is 6. The normalized spacial score (nSPS) is 14.8. The molecule has 2 rings (SSSR count). The number of carbonyl (C=O) groups is 2. The van der Waals surface area contributed by atoms with Gasteiger partial charge >= 0.3 is 0 Å². The van der Waals surface area contributed by atoms with Crippen LogP contribution in [0.4, 0.5) is 0 Å². The summed E-state index contributed by atoms with van der Waals surface area (Å²) in [6.45, 7) is -1.45. The minimum atomic E-state index is -1.67. The lowest BCUT2D eigenvalue weighted by atomic mass is 10.0. The van der Waals surface area contributed by atoms with Gasteiger partial charge in [-0.25, -0.2) is 0 Å². The van der Waals surface area contributed by atoms with Crippen molar-refractivity contribution in [1.82, 2.24) is 0 Å². The van der Waals surface area contributed by atoms with E-state index in [1.165, 1.54) is 0 Å². The topological polar surface area (TPSA) is 156 Å². The lowest BCUT2D eigenvalue weighted by molar-refractivity contribution is -0.123. The highest BCUT2D eigenvalue weighted by molar-refractivity contribution is 6.49. The zero-order valence-electron chi connectivity index (χ0n) is 15.0. The molecule has 2 aromatic rings. The number of benzene rings is 2. The molecule has 0 heterocycles. The standard InChI is InChI=1S/C14H10O2.C6H14O6/c15-13(11-7-3-1-4-8-11)14(16)12-9-5-2-6-10-12;7-1-3(9)5(11)6(12)4(10)2-8/h1-10H;3-12H,1-2H2/t;3-,4+,5-,6-/m.1/s1. The number of hydrogen-bond donors (Lipinski definition) is 6. The summed E-state index contributed by atoms with van der Waals surface area (Å²) in [6, 6.07) is 17.2. The van der Waals surface area contributed by atoms with E-state index in [9.17, 15) is 9.59 Å². The quantitative estimate of drug-likeness (QED) is 0.251. The molecule has 0 aliphatic carbocycles. The number of ketones is 2. The average molecular weight is 392 g/mol. The molecule has 4 atom stereocenters. The lowest BCUT2D eigenvalue weighted by Gasteiger charge is -2.24. The minimum absolute atomic E-state index is 0.427. The molecule has 152 valence electrons. The Bertz CT molecular complexity index is 656. The molecule has 0 aliphatic heterocycles. The van der Waals surface area contributed by atoms with Crippen LogP contribution in [0.25, 0.3) is 0 Å². The number of rotatable bonds is 8. The Labute approximate surface area is 162 Å². The first-order valence-electron chi connectivity index (χ1n) is 8.46. The lowest BCUT2D eigenvalue weighted by Crippen LogP contribution is -2.46. The molecule has 0 radical (unpaired) electrons. The van der Waals surface area contributed by atoms with Gasteiger partial charge in [-0.05, 0) is 0 Å². The second kappa shape index (κ2) is 12.1. The molecule has 28 heavy (non-hydrogen) atoms. The van der Waals surface area contributed by atoms with Gasteiger partial charge in [-0.1, -0.05) is 60.7 Å². The van der Waals surface area contributed by atoms with E-state index < -0.39 is 49.2 Å². The van der Waals surface area contributed by atoms with E-state index >= 15 is 0 Å². The molecule has 6 N–H and O–H groups in total. The fraction of sp³-hybridized carbons (Fsp3) is 0.300. The Hall–Kier alpha value is -2.46. The van der Waals surface area contributed by atoms with Crippen LogP contribution in [0, 0.1) is 0 Å². The monoisotopic (exact) mass is 392 g/mol. The molecule has 2 aromatic carbocycles. The maximum absolute atomic E-state index is 11.8. The Morgan fingerprint density at radius 3 is 1.14 bits per heavy atom. The first-order chi connectivity index (χ1) is 13.3. The summed E-state index contributed by atoms with van der Waals surface area (Å²) in [5.41, 5.74) is 0.854. The molecule has 8 nitrogen and oxygen atoms in total. The van der Waals surface area contributed by atoms with Crippen molar-refractivity contribution >= 4 is 11.6 Å². The second-order valence-corrected chi connectivity index (χ2v) is 5.87. The van der Waals surface area contributed by atoms with Gasteiger partial charge in [-0.15, -0.1) is 0 Å². The van der Waals surface area contributed by atoms with Gasteiger partial charge in [0.15, 0.2) is 0 Å². The smallest absolute Gasteiger partial charge is 0.233 e. The summed E-state index contributed by atoms with van der Waals surface area (Å²) in [5.74, 6) is -0.932. The SMILES string of the molecule is O=C(C(=O)c1ccccc1)c1ccccc1.OC[C@@H](O)[C@@H](O)[C@H](O)[C@@H](O)CO. The highest BCUT2D eigenvalue weighted by atomic mass is 16.4. The summed E-state index contributed by atoms with van der Waals surface area (Å²) in [6.07, 6.45) is -6.39. The van der Waals surface area contributed by atoms with Crippen LogP contribution in [-0.4, -0.2) is 79.8 Å². The Balaban J connectivity index is 0.000000295. The molecule has 0 spiro atoms. The molecule has 0 saturated heterocycles. The summed E-state index contributed by atoms with van der Waals surface area (Å²) in [5, 5.41) is 52.2. The van der Waals surface area contributed by atoms with E-state index in [0.717, 1.165) is 0 Å². The first kappa shape index (κ1) is 23.6. The van der Waals surface area contributed by atoms with Crippen molar-refractivity contribution in [3.05, 3.63) is 71.8 Å². The minimum Gasteiger partial charge on any atom is -0.394 e. The Morgan fingerprint density at radius 2 is 0.893 bits per heavy atom. The van der Waals surface area contributed by atoms with Crippen LogP contribution in [0.5, 0.6) is 0 Å². The molecule has 0 amide bonds. The van der Waals surface area contributed by atoms with Crippen molar-refractivity contribution in [3.63, 3.8) is 0 Å². The van der Waals surface area contributed by atoms with E-state index in [1.54, 1.807) is 48.5 Å². The number of aliphatic hydroxyl groups excluding tert-OH is 6. The number of Topliss-reactive ketones (excluding diaryl/α,β-unsaturated/α-hetero) is 2. The zero-order chi connectivity index (χ0) is 21.1. The predicted octanol–water partition coefficient (Wildman–Crippen LogP) is -0.833. The molecule has 0 aliphatic rings. The van der Waals surface area contributed by atoms with Gasteiger partial charge in [0.2, 0.25) is 11.6 Å². The van der Waals surface area contributed by atoms with Crippen LogP contribution in [-0.2, 0) is 0 Å². The van der Waals surface area contributed by atoms with Crippen LogP contribution < -0.4 is 0 Å². The molecule has 0 aromatic heterocycles. The molecule has 0 bridgehead atoms. The second-order valence-electron chi connectivity index (χ2n) is 5.87. The van der Waals surface area contributed by atoms with Crippen molar-refractivity contribution in [1.29, 1.82) is 0 Å². The van der Waals surface area contributed by atoms with E-state index in [2.05, 4.69) is 0 Å². The maximum atomic E-state index is 11.8. The van der Waals surface area contributed by atoms with E-state index in [-0.39, 0.29) is 0 Å². The first-order valence-corrected chi connectivity index (χ1v) is 8.46.